The van der Waals surface area contributed by atoms with Gasteiger partial charge in [0.25, 0.3) is 0 Å². The van der Waals surface area contributed by atoms with E-state index in [1.807, 2.05) is 11.8 Å². The van der Waals surface area contributed by atoms with E-state index in [2.05, 4.69) is 41.1 Å². The molecule has 2 aromatic rings. The molecule has 7 heteroatoms. The van der Waals surface area contributed by atoms with Gasteiger partial charge in [0.05, 0.1) is 12.3 Å². The van der Waals surface area contributed by atoms with E-state index in [1.165, 1.54) is 11.6 Å². The minimum absolute atomic E-state index is 0.383. The molecule has 2 aliphatic rings. The summed E-state index contributed by atoms with van der Waals surface area (Å²) < 4.78 is 31.7. The van der Waals surface area contributed by atoms with E-state index < -0.39 is 11.6 Å². The molecule has 166 valence electrons. The van der Waals surface area contributed by atoms with Crippen molar-refractivity contribution in [3.05, 3.63) is 59.7 Å². The van der Waals surface area contributed by atoms with E-state index >= 15 is 0 Å². The van der Waals surface area contributed by atoms with Crippen molar-refractivity contribution in [1.29, 1.82) is 0 Å². The summed E-state index contributed by atoms with van der Waals surface area (Å²) in [6.45, 7) is 3.74. The van der Waals surface area contributed by atoms with Gasteiger partial charge in [-0.2, -0.15) is 0 Å². The maximum atomic E-state index is 13.2. The molecule has 0 spiro atoms. The van der Waals surface area contributed by atoms with Crippen molar-refractivity contribution in [2.45, 2.75) is 37.5 Å². The van der Waals surface area contributed by atoms with Crippen LogP contribution >= 0.6 is 11.8 Å². The topological polar surface area (TPSA) is 28.1 Å². The van der Waals surface area contributed by atoms with E-state index in [-0.39, 0.29) is 0 Å². The van der Waals surface area contributed by atoms with Gasteiger partial charge < -0.3 is 14.5 Å². The van der Waals surface area contributed by atoms with Gasteiger partial charge in [0.15, 0.2) is 16.8 Å². The molecule has 0 atom stereocenters. The number of nitrogens with zero attached hydrogens (tertiary/aromatic N) is 3. The predicted molar refractivity (Wildman–Crippen MR) is 123 cm³/mol. The van der Waals surface area contributed by atoms with Gasteiger partial charge in [-0.15, -0.1) is 0 Å². The van der Waals surface area contributed by atoms with Crippen LogP contribution in [-0.4, -0.2) is 54.3 Å². The van der Waals surface area contributed by atoms with E-state index in [0.29, 0.717) is 18.4 Å². The Morgan fingerprint density at radius 3 is 2.71 bits per heavy atom. The molecule has 0 saturated carbocycles. The first-order chi connectivity index (χ1) is 15.1. The van der Waals surface area contributed by atoms with Crippen LogP contribution in [-0.2, 0) is 5.75 Å². The van der Waals surface area contributed by atoms with Gasteiger partial charge in [0.2, 0.25) is 0 Å². The molecule has 0 amide bonds. The second-order valence-corrected chi connectivity index (χ2v) is 9.07. The highest BCUT2D eigenvalue weighted by Crippen LogP contribution is 2.32. The van der Waals surface area contributed by atoms with Crippen LogP contribution in [0.1, 0.15) is 31.2 Å². The van der Waals surface area contributed by atoms with Crippen molar-refractivity contribution in [2.24, 2.45) is 4.99 Å². The summed E-state index contributed by atoms with van der Waals surface area (Å²) in [7, 11) is 2.18. The van der Waals surface area contributed by atoms with Gasteiger partial charge in [-0.05, 0) is 56.0 Å². The maximum Gasteiger partial charge on any atom is 0.164 e. The fraction of sp³-hybridized carbons (Fsp3) is 0.458. The summed E-state index contributed by atoms with van der Waals surface area (Å²) in [6.07, 6.45) is 4.21. The van der Waals surface area contributed by atoms with Crippen LogP contribution in [0.25, 0.3) is 0 Å². The summed E-state index contributed by atoms with van der Waals surface area (Å²) in [6, 6.07) is 12.6. The van der Waals surface area contributed by atoms with Crippen molar-refractivity contribution in [3.8, 4) is 5.75 Å². The van der Waals surface area contributed by atoms with E-state index in [4.69, 9.17) is 9.73 Å². The zero-order valence-corrected chi connectivity index (χ0v) is 18.7. The minimum Gasteiger partial charge on any atom is -0.493 e. The van der Waals surface area contributed by atoms with Crippen LogP contribution in [0.4, 0.5) is 14.5 Å². The fourth-order valence-corrected chi connectivity index (χ4v) is 5.13. The molecule has 1 saturated heterocycles. The van der Waals surface area contributed by atoms with Crippen molar-refractivity contribution < 1.29 is 13.5 Å². The molecular weight excluding hydrogens is 416 g/mol. The first-order valence-electron chi connectivity index (χ1n) is 10.9. The maximum absolute atomic E-state index is 13.2. The number of amidine groups is 1. The molecule has 31 heavy (non-hydrogen) atoms. The van der Waals surface area contributed by atoms with Crippen molar-refractivity contribution in [2.75, 3.05) is 33.3 Å². The van der Waals surface area contributed by atoms with Crippen LogP contribution in [0.3, 0.4) is 0 Å². The lowest BCUT2D eigenvalue weighted by Gasteiger charge is -2.38. The smallest absolute Gasteiger partial charge is 0.164 e. The molecular formula is C24H29F2N3OS. The molecule has 4 rings (SSSR count). The Kier molecular flexibility index (Phi) is 7.45. The van der Waals surface area contributed by atoms with Gasteiger partial charge in [0, 0.05) is 38.0 Å². The summed E-state index contributed by atoms with van der Waals surface area (Å²) in [5.41, 5.74) is 2.42. The SMILES string of the molecule is CN(C1=Nc2ccccc2CS1)C1CCN(CCCCOc2ccc(F)c(F)c2)CC1. The Hall–Kier alpha value is -2.12. The Balaban J connectivity index is 1.15. The van der Waals surface area contributed by atoms with Gasteiger partial charge in [0.1, 0.15) is 5.75 Å². The third kappa shape index (κ3) is 5.77. The fourth-order valence-electron chi connectivity index (χ4n) is 4.08. The number of rotatable bonds is 7. The summed E-state index contributed by atoms with van der Waals surface area (Å²) >= 11 is 1.83. The van der Waals surface area contributed by atoms with Crippen LogP contribution in [0.2, 0.25) is 0 Å². The largest absolute Gasteiger partial charge is 0.493 e. The third-order valence-electron chi connectivity index (χ3n) is 6.00. The number of ether oxygens (including phenoxy) is 1. The van der Waals surface area contributed by atoms with Crippen molar-refractivity contribution >= 4 is 22.6 Å². The second kappa shape index (κ2) is 10.5. The predicted octanol–water partition coefficient (Wildman–Crippen LogP) is 5.45. The minimum atomic E-state index is -0.868. The highest BCUT2D eigenvalue weighted by atomic mass is 32.2. The molecule has 0 aromatic heterocycles. The lowest BCUT2D eigenvalue weighted by Crippen LogP contribution is -2.45. The molecule has 0 N–H and O–H groups in total. The molecule has 0 aliphatic carbocycles. The number of benzene rings is 2. The second-order valence-electron chi connectivity index (χ2n) is 8.13. The monoisotopic (exact) mass is 445 g/mol. The van der Waals surface area contributed by atoms with Crippen LogP contribution < -0.4 is 4.74 Å². The number of hydrogen-bond acceptors (Lipinski definition) is 5. The van der Waals surface area contributed by atoms with E-state index in [1.54, 1.807) is 0 Å². The molecule has 4 nitrogen and oxygen atoms in total. The lowest BCUT2D eigenvalue weighted by atomic mass is 10.0. The lowest BCUT2D eigenvalue weighted by molar-refractivity contribution is 0.162. The van der Waals surface area contributed by atoms with Crippen molar-refractivity contribution in [3.63, 3.8) is 0 Å². The molecule has 2 aliphatic heterocycles. The van der Waals surface area contributed by atoms with Crippen LogP contribution in [0.5, 0.6) is 5.75 Å². The zero-order chi connectivity index (χ0) is 21.6. The molecule has 0 bridgehead atoms. The van der Waals surface area contributed by atoms with Crippen LogP contribution in [0.15, 0.2) is 47.5 Å². The zero-order valence-electron chi connectivity index (χ0n) is 17.9. The highest BCUT2D eigenvalue weighted by Gasteiger charge is 2.26. The number of fused-ring (bicyclic) bond motifs is 1. The summed E-state index contributed by atoms with van der Waals surface area (Å²) in [5, 5.41) is 1.13. The number of thioether (sulfide) groups is 1. The molecule has 1 fully saturated rings. The number of aliphatic imine (C=N–C) groups is 1. The molecule has 0 radical (unpaired) electrons. The quantitative estimate of drug-likeness (QED) is 0.530. The van der Waals surface area contributed by atoms with Gasteiger partial charge in [-0.25, -0.2) is 13.8 Å². The standard InChI is InChI=1S/C24H29F2N3OS/c1-28(24-27-23-7-3-2-6-18(23)17-31-24)19-10-13-29(14-11-19)12-4-5-15-30-20-8-9-21(25)22(26)16-20/h2-3,6-9,16,19H,4-5,10-15,17H2,1H3. The third-order valence-corrected chi connectivity index (χ3v) is 7.09. The number of piperidine rings is 1. The van der Waals surface area contributed by atoms with Gasteiger partial charge in [-0.1, -0.05) is 30.0 Å². The summed E-state index contributed by atoms with van der Waals surface area (Å²) in [4.78, 5) is 9.75. The van der Waals surface area contributed by atoms with Gasteiger partial charge >= 0.3 is 0 Å². The molecule has 2 heterocycles. The van der Waals surface area contributed by atoms with Crippen LogP contribution in [0, 0.1) is 11.6 Å². The Labute approximate surface area is 187 Å². The normalized spacial score (nSPS) is 17.2. The Bertz CT molecular complexity index is 915. The van der Waals surface area contributed by atoms with E-state index in [9.17, 15) is 8.78 Å². The Morgan fingerprint density at radius 2 is 1.90 bits per heavy atom. The number of hydrogen-bond donors (Lipinski definition) is 0. The van der Waals surface area contributed by atoms with E-state index in [0.717, 1.165) is 74.1 Å². The van der Waals surface area contributed by atoms with Crippen molar-refractivity contribution in [1.82, 2.24) is 9.80 Å². The highest BCUT2D eigenvalue weighted by molar-refractivity contribution is 8.13. The average Bonchev–Trinajstić information content (AvgIpc) is 2.81. The van der Waals surface area contributed by atoms with Gasteiger partial charge in [-0.3, -0.25) is 0 Å². The molecule has 0 unspecified atom stereocenters. The molecule has 2 aromatic carbocycles. The number of unbranched alkanes of at least 4 members (excludes halogenated alkanes) is 1. The first-order valence-corrected chi connectivity index (χ1v) is 11.9. The number of likely N-dealkylation sites (tertiary alicyclic amines) is 1. The summed E-state index contributed by atoms with van der Waals surface area (Å²) in [5.74, 6) is -0.341. The number of halogens is 2. The number of para-hydroxylation sites is 1. The average molecular weight is 446 g/mol. The Morgan fingerprint density at radius 1 is 1.10 bits per heavy atom. The first kappa shape index (κ1) is 22.1.